The van der Waals surface area contributed by atoms with Crippen molar-refractivity contribution in [1.82, 2.24) is 30.3 Å². The second-order valence-electron chi connectivity index (χ2n) is 6.67. The summed E-state index contributed by atoms with van der Waals surface area (Å²) in [5.41, 5.74) is 2.10. The molecule has 0 amide bonds. The van der Waals surface area contributed by atoms with Crippen molar-refractivity contribution in [3.05, 3.63) is 22.8 Å². The number of nitrogens with zero attached hydrogens (tertiary/aromatic N) is 6. The van der Waals surface area contributed by atoms with E-state index in [1.807, 2.05) is 18.5 Å². The van der Waals surface area contributed by atoms with E-state index in [2.05, 4.69) is 39.6 Å². The number of aryl methyl sites for hydroxylation is 2. The first-order chi connectivity index (χ1) is 11.1. The number of hydrogen-bond donors (Lipinski definition) is 0. The van der Waals surface area contributed by atoms with Gasteiger partial charge >= 0.3 is 0 Å². The van der Waals surface area contributed by atoms with Crippen LogP contribution in [0.25, 0.3) is 0 Å². The second kappa shape index (κ2) is 6.78. The summed E-state index contributed by atoms with van der Waals surface area (Å²) in [7, 11) is 2.09. The van der Waals surface area contributed by atoms with Crippen LogP contribution in [-0.2, 0) is 6.54 Å². The molecule has 1 atom stereocenters. The van der Waals surface area contributed by atoms with Gasteiger partial charge in [0.1, 0.15) is 5.76 Å². The van der Waals surface area contributed by atoms with E-state index >= 15 is 0 Å². The Morgan fingerprint density at radius 3 is 2.65 bits per heavy atom. The molecule has 2 aromatic rings. The number of aromatic nitrogens is 5. The van der Waals surface area contributed by atoms with Gasteiger partial charge in [-0.15, -0.1) is 5.10 Å². The van der Waals surface area contributed by atoms with E-state index in [0.29, 0.717) is 6.04 Å². The highest BCUT2D eigenvalue weighted by atomic mass is 16.5. The topological polar surface area (TPSA) is 72.9 Å². The lowest BCUT2D eigenvalue weighted by Gasteiger charge is -2.27. The van der Waals surface area contributed by atoms with Crippen LogP contribution in [0.3, 0.4) is 0 Å². The van der Waals surface area contributed by atoms with Gasteiger partial charge in [-0.1, -0.05) is 24.4 Å². The smallest absolute Gasteiger partial charge is 0.168 e. The van der Waals surface area contributed by atoms with Crippen molar-refractivity contribution in [2.24, 2.45) is 0 Å². The van der Waals surface area contributed by atoms with E-state index in [-0.39, 0.29) is 6.04 Å². The fraction of sp³-hybridized carbons (Fsp3) is 0.750. The van der Waals surface area contributed by atoms with Crippen molar-refractivity contribution in [1.29, 1.82) is 0 Å². The quantitative estimate of drug-likeness (QED) is 0.844. The number of hydrogen-bond acceptors (Lipinski definition) is 6. The third kappa shape index (κ3) is 3.29. The molecule has 0 bridgehead atoms. The van der Waals surface area contributed by atoms with Crippen molar-refractivity contribution in [2.75, 3.05) is 7.05 Å². The number of rotatable bonds is 5. The van der Waals surface area contributed by atoms with Crippen LogP contribution in [0.2, 0.25) is 0 Å². The summed E-state index contributed by atoms with van der Waals surface area (Å²) in [5.74, 6) is 1.83. The van der Waals surface area contributed by atoms with Crippen molar-refractivity contribution < 1.29 is 4.52 Å². The van der Waals surface area contributed by atoms with Crippen molar-refractivity contribution in [3.63, 3.8) is 0 Å². The Labute approximate surface area is 137 Å². The molecule has 7 nitrogen and oxygen atoms in total. The summed E-state index contributed by atoms with van der Waals surface area (Å²) in [5, 5.41) is 16.6. The van der Waals surface area contributed by atoms with E-state index in [4.69, 9.17) is 4.52 Å². The van der Waals surface area contributed by atoms with Gasteiger partial charge in [0.05, 0.1) is 17.8 Å². The van der Waals surface area contributed by atoms with Gasteiger partial charge in [0.15, 0.2) is 5.82 Å². The molecule has 23 heavy (non-hydrogen) atoms. The Bertz CT molecular complexity index is 623. The molecule has 3 rings (SSSR count). The lowest BCUT2D eigenvalue weighted by Crippen LogP contribution is -2.27. The van der Waals surface area contributed by atoms with Gasteiger partial charge in [-0.25, -0.2) is 4.68 Å². The molecule has 2 aromatic heterocycles. The predicted molar refractivity (Wildman–Crippen MR) is 85.8 cm³/mol. The molecule has 7 heteroatoms. The molecule has 2 heterocycles. The zero-order valence-electron chi connectivity index (χ0n) is 14.5. The van der Waals surface area contributed by atoms with Gasteiger partial charge in [0.25, 0.3) is 0 Å². The fourth-order valence-corrected chi connectivity index (χ4v) is 3.37. The van der Waals surface area contributed by atoms with Crippen molar-refractivity contribution in [2.45, 2.75) is 71.5 Å². The first-order valence-electron chi connectivity index (χ1n) is 8.47. The predicted octanol–water partition coefficient (Wildman–Crippen LogP) is 2.98. The van der Waals surface area contributed by atoms with E-state index in [9.17, 15) is 0 Å². The largest absolute Gasteiger partial charge is 0.361 e. The van der Waals surface area contributed by atoms with Gasteiger partial charge in [0, 0.05) is 12.1 Å². The minimum Gasteiger partial charge on any atom is -0.361 e. The Morgan fingerprint density at radius 2 is 2.00 bits per heavy atom. The average molecular weight is 318 g/mol. The zero-order chi connectivity index (χ0) is 16.4. The zero-order valence-corrected chi connectivity index (χ0v) is 14.5. The van der Waals surface area contributed by atoms with Gasteiger partial charge in [-0.05, 0) is 51.1 Å². The van der Waals surface area contributed by atoms with Crippen LogP contribution in [0.15, 0.2) is 4.52 Å². The van der Waals surface area contributed by atoms with Crippen LogP contribution in [-0.4, -0.2) is 37.3 Å². The van der Waals surface area contributed by atoms with Crippen molar-refractivity contribution >= 4 is 0 Å². The SMILES string of the molecule is Cc1noc(C)c1CN(C)C(C)c1nnnn1C1CCCCC1. The summed E-state index contributed by atoms with van der Waals surface area (Å²) in [6.45, 7) is 6.87. The first kappa shape index (κ1) is 16.1. The van der Waals surface area contributed by atoms with Gasteiger partial charge in [0.2, 0.25) is 0 Å². The molecule has 0 saturated heterocycles. The Balaban J connectivity index is 1.75. The van der Waals surface area contributed by atoms with Gasteiger partial charge < -0.3 is 4.52 Å². The Hall–Kier alpha value is -1.76. The molecule has 0 spiro atoms. The van der Waals surface area contributed by atoms with E-state index in [1.54, 1.807) is 0 Å². The van der Waals surface area contributed by atoms with Crippen LogP contribution in [0.4, 0.5) is 0 Å². The van der Waals surface area contributed by atoms with E-state index in [0.717, 1.165) is 29.4 Å². The summed E-state index contributed by atoms with van der Waals surface area (Å²) in [6.07, 6.45) is 6.23. The molecule has 1 aliphatic carbocycles. The average Bonchev–Trinajstić information content (AvgIpc) is 3.17. The monoisotopic (exact) mass is 318 g/mol. The highest BCUT2D eigenvalue weighted by molar-refractivity contribution is 5.20. The van der Waals surface area contributed by atoms with Gasteiger partial charge in [-0.2, -0.15) is 0 Å². The minimum atomic E-state index is 0.139. The third-order valence-corrected chi connectivity index (χ3v) is 5.06. The molecule has 0 aromatic carbocycles. The van der Waals surface area contributed by atoms with E-state index in [1.165, 1.54) is 32.1 Å². The van der Waals surface area contributed by atoms with Crippen LogP contribution >= 0.6 is 0 Å². The fourth-order valence-electron chi connectivity index (χ4n) is 3.37. The van der Waals surface area contributed by atoms with Crippen molar-refractivity contribution in [3.8, 4) is 0 Å². The maximum Gasteiger partial charge on any atom is 0.168 e. The van der Waals surface area contributed by atoms with E-state index < -0.39 is 0 Å². The lowest BCUT2D eigenvalue weighted by atomic mass is 9.95. The minimum absolute atomic E-state index is 0.139. The van der Waals surface area contributed by atoms with Gasteiger partial charge in [-0.3, -0.25) is 4.90 Å². The molecule has 1 saturated carbocycles. The third-order valence-electron chi connectivity index (χ3n) is 5.06. The molecule has 0 N–H and O–H groups in total. The summed E-state index contributed by atoms with van der Waals surface area (Å²) in [4.78, 5) is 2.25. The Kier molecular flexibility index (Phi) is 4.75. The molecule has 1 fully saturated rings. The Morgan fingerprint density at radius 1 is 1.26 bits per heavy atom. The molecular weight excluding hydrogens is 292 g/mol. The molecule has 1 aliphatic rings. The van der Waals surface area contributed by atoms with Crippen LogP contribution in [0, 0.1) is 13.8 Å². The molecular formula is C16H26N6O. The normalized spacial score (nSPS) is 17.8. The molecule has 0 radical (unpaired) electrons. The highest BCUT2D eigenvalue weighted by Gasteiger charge is 2.25. The summed E-state index contributed by atoms with van der Waals surface area (Å²) < 4.78 is 7.31. The standard InChI is InChI=1S/C16H26N6O/c1-11-15(13(3)23-18-11)10-21(4)12(2)16-17-19-20-22(16)14-8-6-5-7-9-14/h12,14H,5-10H2,1-4H3. The van der Waals surface area contributed by atoms with Crippen LogP contribution in [0.1, 0.15) is 74.0 Å². The molecule has 0 aliphatic heterocycles. The highest BCUT2D eigenvalue weighted by Crippen LogP contribution is 2.30. The second-order valence-corrected chi connectivity index (χ2v) is 6.67. The van der Waals surface area contributed by atoms with Crippen LogP contribution in [0.5, 0.6) is 0 Å². The van der Waals surface area contributed by atoms with Crippen LogP contribution < -0.4 is 0 Å². The maximum absolute atomic E-state index is 5.26. The number of tetrazole rings is 1. The lowest BCUT2D eigenvalue weighted by molar-refractivity contribution is 0.221. The summed E-state index contributed by atoms with van der Waals surface area (Å²) >= 11 is 0. The maximum atomic E-state index is 5.26. The molecule has 126 valence electrons. The first-order valence-corrected chi connectivity index (χ1v) is 8.47. The molecule has 1 unspecified atom stereocenters. The summed E-state index contributed by atoms with van der Waals surface area (Å²) in [6, 6.07) is 0.587.